The Morgan fingerprint density at radius 2 is 2.24 bits per heavy atom. The lowest BCUT2D eigenvalue weighted by Gasteiger charge is -2.37. The van der Waals surface area contributed by atoms with Gasteiger partial charge < -0.3 is 10.4 Å². The van der Waals surface area contributed by atoms with Gasteiger partial charge in [-0.2, -0.15) is 0 Å². The Bertz CT molecular complexity index is 566. The maximum Gasteiger partial charge on any atom is 0.228 e. The second-order valence-electron chi connectivity index (χ2n) is 6.32. The number of aliphatic hydroxyl groups excluding tert-OH is 1. The molecule has 112 valence electrons. The minimum absolute atomic E-state index is 0.0661. The van der Waals surface area contributed by atoms with E-state index in [1.54, 1.807) is 0 Å². The summed E-state index contributed by atoms with van der Waals surface area (Å²) in [5.74, 6) is 5.64. The molecule has 0 bridgehead atoms. The zero-order valence-corrected chi connectivity index (χ0v) is 12.8. The highest BCUT2D eigenvalue weighted by atomic mass is 16.2. The first-order valence-electron chi connectivity index (χ1n) is 7.53. The normalized spacial score (nSPS) is 20.2. The van der Waals surface area contributed by atoms with Gasteiger partial charge in [-0.05, 0) is 36.5 Å². The number of amides is 1. The van der Waals surface area contributed by atoms with Crippen LogP contribution in [-0.2, 0) is 4.79 Å². The third kappa shape index (κ3) is 4.09. The van der Waals surface area contributed by atoms with Crippen molar-refractivity contribution in [2.75, 3.05) is 11.9 Å². The lowest BCUT2D eigenvalue weighted by Crippen LogP contribution is -2.37. The molecule has 0 aliphatic heterocycles. The Kier molecular flexibility index (Phi) is 5.03. The van der Waals surface area contributed by atoms with Gasteiger partial charge in [0.1, 0.15) is 6.61 Å². The van der Waals surface area contributed by atoms with Crippen molar-refractivity contribution in [2.24, 2.45) is 11.3 Å². The fourth-order valence-corrected chi connectivity index (χ4v) is 3.03. The molecule has 1 saturated carbocycles. The summed E-state index contributed by atoms with van der Waals surface area (Å²) in [6.07, 6.45) is 4.41. The largest absolute Gasteiger partial charge is 0.384 e. The minimum atomic E-state index is -0.160. The van der Waals surface area contributed by atoms with E-state index in [0.29, 0.717) is 0 Å². The van der Waals surface area contributed by atoms with E-state index in [9.17, 15) is 4.79 Å². The fourth-order valence-electron chi connectivity index (χ4n) is 3.03. The van der Waals surface area contributed by atoms with Gasteiger partial charge in [-0.3, -0.25) is 4.79 Å². The van der Waals surface area contributed by atoms with Crippen LogP contribution in [0.3, 0.4) is 0 Å². The highest BCUT2D eigenvalue weighted by Crippen LogP contribution is 2.41. The van der Waals surface area contributed by atoms with Crippen LogP contribution in [-0.4, -0.2) is 17.6 Å². The number of nitrogens with one attached hydrogen (secondary N) is 1. The molecule has 1 atom stereocenters. The van der Waals surface area contributed by atoms with Gasteiger partial charge in [0, 0.05) is 17.2 Å². The molecule has 1 fully saturated rings. The van der Waals surface area contributed by atoms with E-state index in [1.165, 1.54) is 6.42 Å². The molecule has 2 rings (SSSR count). The van der Waals surface area contributed by atoms with Crippen molar-refractivity contribution in [1.82, 2.24) is 0 Å². The monoisotopic (exact) mass is 285 g/mol. The number of rotatable bonds is 2. The second-order valence-corrected chi connectivity index (χ2v) is 6.32. The summed E-state index contributed by atoms with van der Waals surface area (Å²) >= 11 is 0. The second kappa shape index (κ2) is 6.78. The minimum Gasteiger partial charge on any atom is -0.384 e. The zero-order chi connectivity index (χ0) is 15.3. The van der Waals surface area contributed by atoms with Crippen molar-refractivity contribution >= 4 is 11.6 Å². The summed E-state index contributed by atoms with van der Waals surface area (Å²) in [5, 5.41) is 11.7. The van der Waals surface area contributed by atoms with Crippen molar-refractivity contribution in [1.29, 1.82) is 0 Å². The fraction of sp³-hybridized carbons (Fsp3) is 0.500. The van der Waals surface area contributed by atoms with E-state index >= 15 is 0 Å². The molecule has 21 heavy (non-hydrogen) atoms. The van der Waals surface area contributed by atoms with Crippen LogP contribution >= 0.6 is 0 Å². The van der Waals surface area contributed by atoms with Gasteiger partial charge in [0.15, 0.2) is 0 Å². The van der Waals surface area contributed by atoms with Crippen LogP contribution in [0.2, 0.25) is 0 Å². The number of aliphatic hydroxyl groups is 1. The van der Waals surface area contributed by atoms with Gasteiger partial charge in [0.05, 0.1) is 0 Å². The summed E-state index contributed by atoms with van der Waals surface area (Å²) < 4.78 is 0. The van der Waals surface area contributed by atoms with E-state index in [2.05, 4.69) is 31.0 Å². The predicted octanol–water partition coefficient (Wildman–Crippen LogP) is 3.19. The Hall–Kier alpha value is -1.79. The summed E-state index contributed by atoms with van der Waals surface area (Å²) in [5.41, 5.74) is 1.63. The molecule has 3 nitrogen and oxygen atoms in total. The van der Waals surface area contributed by atoms with E-state index in [-0.39, 0.29) is 23.8 Å². The molecule has 0 aromatic heterocycles. The molecule has 3 heteroatoms. The van der Waals surface area contributed by atoms with Crippen LogP contribution in [0.5, 0.6) is 0 Å². The van der Waals surface area contributed by atoms with E-state index < -0.39 is 0 Å². The van der Waals surface area contributed by atoms with Gasteiger partial charge in [0.2, 0.25) is 5.91 Å². The Morgan fingerprint density at radius 1 is 1.43 bits per heavy atom. The van der Waals surface area contributed by atoms with E-state index in [0.717, 1.165) is 30.5 Å². The van der Waals surface area contributed by atoms with Crippen LogP contribution in [0.25, 0.3) is 0 Å². The average Bonchev–Trinajstić information content (AvgIpc) is 2.45. The molecule has 1 aliphatic carbocycles. The SMILES string of the molecule is CC1(C)CCCCC1C(=O)Nc1cccc(C#CCO)c1. The molecule has 2 N–H and O–H groups in total. The molecule has 0 saturated heterocycles. The van der Waals surface area contributed by atoms with Gasteiger partial charge in [-0.15, -0.1) is 0 Å². The van der Waals surface area contributed by atoms with Crippen molar-refractivity contribution in [2.45, 2.75) is 39.5 Å². The molecular weight excluding hydrogens is 262 g/mol. The molecule has 1 aromatic rings. The summed E-state index contributed by atoms with van der Waals surface area (Å²) in [6.45, 7) is 4.20. The zero-order valence-electron chi connectivity index (χ0n) is 12.8. The molecule has 1 amide bonds. The first-order valence-corrected chi connectivity index (χ1v) is 7.53. The Morgan fingerprint density at radius 3 is 2.95 bits per heavy atom. The average molecular weight is 285 g/mol. The Balaban J connectivity index is 2.08. The van der Waals surface area contributed by atoms with Gasteiger partial charge in [-0.25, -0.2) is 0 Å². The van der Waals surface area contributed by atoms with Crippen molar-refractivity contribution < 1.29 is 9.90 Å². The maximum absolute atomic E-state index is 12.5. The molecule has 0 radical (unpaired) electrons. The summed E-state index contributed by atoms with van der Waals surface area (Å²) in [6, 6.07) is 7.44. The molecule has 1 unspecified atom stereocenters. The third-order valence-electron chi connectivity index (χ3n) is 4.27. The first kappa shape index (κ1) is 15.6. The van der Waals surface area contributed by atoms with Crippen molar-refractivity contribution in [3.8, 4) is 11.8 Å². The summed E-state index contributed by atoms with van der Waals surface area (Å²) in [7, 11) is 0. The number of hydrogen-bond acceptors (Lipinski definition) is 2. The number of hydrogen-bond donors (Lipinski definition) is 2. The molecule has 0 spiro atoms. The highest BCUT2D eigenvalue weighted by Gasteiger charge is 2.37. The number of carbonyl (C=O) groups is 1. The van der Waals surface area contributed by atoms with Crippen LogP contribution in [0, 0.1) is 23.2 Å². The highest BCUT2D eigenvalue weighted by molar-refractivity contribution is 5.93. The van der Waals surface area contributed by atoms with Gasteiger partial charge in [-0.1, -0.05) is 44.6 Å². The van der Waals surface area contributed by atoms with Crippen LogP contribution in [0.15, 0.2) is 24.3 Å². The standard InChI is InChI=1S/C18H23NO2/c1-18(2)11-4-3-10-16(18)17(21)19-15-9-5-7-14(13-15)8-6-12-20/h5,7,9,13,16,20H,3-4,10-12H2,1-2H3,(H,19,21). The summed E-state index contributed by atoms with van der Waals surface area (Å²) in [4.78, 5) is 12.5. The van der Waals surface area contributed by atoms with Crippen molar-refractivity contribution in [3.05, 3.63) is 29.8 Å². The number of benzene rings is 1. The molecular formula is C18H23NO2. The smallest absolute Gasteiger partial charge is 0.228 e. The first-order chi connectivity index (χ1) is 10.0. The Labute approximate surface area is 126 Å². The molecule has 1 aromatic carbocycles. The van der Waals surface area contributed by atoms with Gasteiger partial charge >= 0.3 is 0 Å². The maximum atomic E-state index is 12.5. The van der Waals surface area contributed by atoms with Gasteiger partial charge in [0.25, 0.3) is 0 Å². The molecule has 0 heterocycles. The quantitative estimate of drug-likeness (QED) is 0.820. The van der Waals surface area contributed by atoms with Crippen molar-refractivity contribution in [3.63, 3.8) is 0 Å². The van der Waals surface area contributed by atoms with E-state index in [1.807, 2.05) is 24.3 Å². The molecule has 1 aliphatic rings. The lowest BCUT2D eigenvalue weighted by molar-refractivity contribution is -0.124. The lowest BCUT2D eigenvalue weighted by atomic mass is 9.68. The van der Waals surface area contributed by atoms with Crippen LogP contribution in [0.4, 0.5) is 5.69 Å². The number of carbonyl (C=O) groups excluding carboxylic acids is 1. The third-order valence-corrected chi connectivity index (χ3v) is 4.27. The van der Waals surface area contributed by atoms with Crippen LogP contribution < -0.4 is 5.32 Å². The van der Waals surface area contributed by atoms with E-state index in [4.69, 9.17) is 5.11 Å². The van der Waals surface area contributed by atoms with Crippen LogP contribution in [0.1, 0.15) is 45.1 Å². The number of anilines is 1. The topological polar surface area (TPSA) is 49.3 Å². The predicted molar refractivity (Wildman–Crippen MR) is 84.8 cm³/mol.